The summed E-state index contributed by atoms with van der Waals surface area (Å²) in [6, 6.07) is 22.0. The molecule has 0 bridgehead atoms. The van der Waals surface area contributed by atoms with Crippen LogP contribution in [0.3, 0.4) is 0 Å². The van der Waals surface area contributed by atoms with Crippen molar-refractivity contribution in [3.8, 4) is 11.1 Å². The number of rotatable bonds is 3. The molecule has 0 heterocycles. The zero-order valence-electron chi connectivity index (χ0n) is 12.8. The van der Waals surface area contributed by atoms with Crippen LogP contribution >= 0.6 is 0 Å². The van der Waals surface area contributed by atoms with Gasteiger partial charge in [0.1, 0.15) is 0 Å². The fourth-order valence-electron chi connectivity index (χ4n) is 3.39. The molecule has 0 unspecified atom stereocenters. The molecule has 0 saturated carbocycles. The Labute approximate surface area is 132 Å². The molecular formula is C22H19. The minimum absolute atomic E-state index is 1.16. The Morgan fingerprint density at radius 2 is 1.55 bits per heavy atom. The molecule has 0 aromatic heterocycles. The van der Waals surface area contributed by atoms with Gasteiger partial charge in [-0.15, -0.1) is 0 Å². The van der Waals surface area contributed by atoms with Crippen LogP contribution in [0.4, 0.5) is 0 Å². The van der Waals surface area contributed by atoms with Crippen molar-refractivity contribution in [1.29, 1.82) is 0 Å². The molecule has 0 amide bonds. The lowest BCUT2D eigenvalue weighted by Gasteiger charge is -2.12. The fourth-order valence-corrected chi connectivity index (χ4v) is 3.39. The van der Waals surface area contributed by atoms with E-state index in [1.807, 2.05) is 0 Å². The molecule has 3 aromatic carbocycles. The molecule has 1 radical (unpaired) electrons. The van der Waals surface area contributed by atoms with E-state index in [2.05, 4.69) is 79.7 Å². The van der Waals surface area contributed by atoms with Gasteiger partial charge in [-0.1, -0.05) is 80.1 Å². The molecule has 0 nitrogen and oxygen atoms in total. The van der Waals surface area contributed by atoms with Crippen molar-refractivity contribution in [1.82, 2.24) is 0 Å². The van der Waals surface area contributed by atoms with Gasteiger partial charge >= 0.3 is 0 Å². The van der Waals surface area contributed by atoms with Gasteiger partial charge in [-0.2, -0.15) is 0 Å². The zero-order valence-corrected chi connectivity index (χ0v) is 12.8. The largest absolute Gasteiger partial charge is 0.0721 e. The van der Waals surface area contributed by atoms with Crippen LogP contribution in [-0.2, 0) is 0 Å². The lowest BCUT2D eigenvalue weighted by Crippen LogP contribution is -1.94. The highest BCUT2D eigenvalue weighted by Gasteiger charge is 2.19. The molecule has 3 aromatic rings. The van der Waals surface area contributed by atoms with Crippen LogP contribution in [-0.4, -0.2) is 0 Å². The Morgan fingerprint density at radius 1 is 0.727 bits per heavy atom. The molecule has 0 N–H and O–H groups in total. The van der Waals surface area contributed by atoms with Crippen molar-refractivity contribution >= 4 is 16.8 Å². The Balaban J connectivity index is 1.84. The topological polar surface area (TPSA) is 0 Å². The summed E-state index contributed by atoms with van der Waals surface area (Å²) in [7, 11) is 0. The van der Waals surface area contributed by atoms with E-state index in [1.54, 1.807) is 0 Å². The second-order valence-electron chi connectivity index (χ2n) is 5.94. The summed E-state index contributed by atoms with van der Waals surface area (Å²) < 4.78 is 0. The summed E-state index contributed by atoms with van der Waals surface area (Å²) in [4.78, 5) is 0. The second kappa shape index (κ2) is 5.46. The van der Waals surface area contributed by atoms with Gasteiger partial charge in [-0.25, -0.2) is 0 Å². The molecule has 0 saturated heterocycles. The number of hydrogen-bond acceptors (Lipinski definition) is 0. The van der Waals surface area contributed by atoms with Crippen LogP contribution in [0.15, 0.2) is 66.7 Å². The van der Waals surface area contributed by atoms with E-state index in [9.17, 15) is 0 Å². The van der Waals surface area contributed by atoms with E-state index in [1.165, 1.54) is 45.4 Å². The number of allylic oxidation sites excluding steroid dienone is 1. The molecule has 4 rings (SSSR count). The van der Waals surface area contributed by atoms with Crippen molar-refractivity contribution in [3.05, 3.63) is 83.8 Å². The zero-order chi connectivity index (χ0) is 14.9. The summed E-state index contributed by atoms with van der Waals surface area (Å²) in [6.07, 6.45) is 6.92. The van der Waals surface area contributed by atoms with Crippen LogP contribution < -0.4 is 0 Å². The summed E-state index contributed by atoms with van der Waals surface area (Å²) in [5.41, 5.74) is 5.43. The summed E-state index contributed by atoms with van der Waals surface area (Å²) in [6.45, 7) is 2.24. The highest BCUT2D eigenvalue weighted by molar-refractivity contribution is 5.90. The molecule has 0 aliphatic heterocycles. The van der Waals surface area contributed by atoms with E-state index in [4.69, 9.17) is 0 Å². The number of fused-ring (bicyclic) bond motifs is 2. The van der Waals surface area contributed by atoms with Crippen LogP contribution in [0.25, 0.3) is 28.0 Å². The minimum Gasteiger partial charge on any atom is -0.0721 e. The standard InChI is InChI=1S/C22H19/c1-2-6-17-13-14-22-20(17)9-5-10-21(22)19-12-11-16-7-3-4-8-18(16)15-19/h3-5,7-15H,2,6H2,1H3. The summed E-state index contributed by atoms with van der Waals surface area (Å²) >= 11 is 0. The van der Waals surface area contributed by atoms with Gasteiger partial charge in [-0.3, -0.25) is 0 Å². The Kier molecular flexibility index (Phi) is 3.31. The maximum absolute atomic E-state index is 2.30. The average molecular weight is 283 g/mol. The van der Waals surface area contributed by atoms with E-state index in [0.29, 0.717) is 0 Å². The molecule has 107 valence electrons. The van der Waals surface area contributed by atoms with Crippen LogP contribution in [0.5, 0.6) is 0 Å². The van der Waals surface area contributed by atoms with Crippen molar-refractivity contribution in [2.24, 2.45) is 0 Å². The molecule has 1 aliphatic rings. The van der Waals surface area contributed by atoms with Crippen LogP contribution in [0.1, 0.15) is 30.9 Å². The lowest BCUT2D eigenvalue weighted by atomic mass is 9.91. The van der Waals surface area contributed by atoms with Crippen molar-refractivity contribution in [2.75, 3.05) is 0 Å². The van der Waals surface area contributed by atoms with Gasteiger partial charge in [0.25, 0.3) is 0 Å². The van der Waals surface area contributed by atoms with Gasteiger partial charge in [0.15, 0.2) is 0 Å². The Hall–Kier alpha value is -2.34. The van der Waals surface area contributed by atoms with Gasteiger partial charge in [-0.05, 0) is 45.5 Å². The van der Waals surface area contributed by atoms with Gasteiger partial charge in [0.2, 0.25) is 0 Å². The highest BCUT2D eigenvalue weighted by Crippen LogP contribution is 2.38. The minimum atomic E-state index is 1.16. The first-order valence-electron chi connectivity index (χ1n) is 8.03. The van der Waals surface area contributed by atoms with E-state index < -0.39 is 0 Å². The molecule has 0 atom stereocenters. The monoisotopic (exact) mass is 283 g/mol. The molecule has 22 heavy (non-hydrogen) atoms. The SMILES string of the molecule is CCC[C]1C=Cc2c1cccc2-c1ccc2ccccc2c1. The number of hydrogen-bond donors (Lipinski definition) is 0. The smallest absolute Gasteiger partial charge is 0.0273 e. The van der Waals surface area contributed by atoms with E-state index in [-0.39, 0.29) is 0 Å². The third kappa shape index (κ3) is 2.16. The molecule has 0 fully saturated rings. The summed E-state index contributed by atoms with van der Waals surface area (Å²) in [5, 5.41) is 2.60. The lowest BCUT2D eigenvalue weighted by molar-refractivity contribution is 0.866. The maximum Gasteiger partial charge on any atom is 0.0273 e. The van der Waals surface area contributed by atoms with E-state index >= 15 is 0 Å². The second-order valence-corrected chi connectivity index (χ2v) is 5.94. The Morgan fingerprint density at radius 3 is 2.41 bits per heavy atom. The quantitative estimate of drug-likeness (QED) is 0.532. The first-order chi connectivity index (χ1) is 10.9. The molecule has 0 spiro atoms. The fraction of sp³-hybridized carbons (Fsp3) is 0.136. The predicted octanol–water partition coefficient (Wildman–Crippen LogP) is 6.26. The van der Waals surface area contributed by atoms with Gasteiger partial charge < -0.3 is 0 Å². The third-order valence-electron chi connectivity index (χ3n) is 4.48. The first-order valence-corrected chi connectivity index (χ1v) is 8.03. The van der Waals surface area contributed by atoms with Gasteiger partial charge in [0, 0.05) is 5.92 Å². The summed E-state index contributed by atoms with van der Waals surface area (Å²) in [5.74, 6) is 1.47. The predicted molar refractivity (Wildman–Crippen MR) is 95.7 cm³/mol. The maximum atomic E-state index is 2.30. The van der Waals surface area contributed by atoms with Crippen LogP contribution in [0, 0.1) is 5.92 Å². The van der Waals surface area contributed by atoms with Crippen LogP contribution in [0.2, 0.25) is 0 Å². The van der Waals surface area contributed by atoms with E-state index in [0.717, 1.165) is 6.42 Å². The third-order valence-corrected chi connectivity index (χ3v) is 4.48. The van der Waals surface area contributed by atoms with Crippen molar-refractivity contribution in [2.45, 2.75) is 19.8 Å². The average Bonchev–Trinajstić information content (AvgIpc) is 2.98. The molecule has 0 heteroatoms. The Bertz CT molecular complexity index is 855. The van der Waals surface area contributed by atoms with Crippen molar-refractivity contribution in [3.63, 3.8) is 0 Å². The first kappa shape index (κ1) is 13.3. The molecule has 1 aliphatic carbocycles. The highest BCUT2D eigenvalue weighted by atomic mass is 14.2. The van der Waals surface area contributed by atoms with Crippen molar-refractivity contribution < 1.29 is 0 Å². The molecular weight excluding hydrogens is 264 g/mol. The van der Waals surface area contributed by atoms with Gasteiger partial charge in [0.05, 0.1) is 0 Å². The normalized spacial score (nSPS) is 13.7. The number of benzene rings is 3.